The quantitative estimate of drug-likeness (QED) is 0.434. The van der Waals surface area contributed by atoms with Gasteiger partial charge in [0.2, 0.25) is 5.91 Å². The fraction of sp³-hybridized carbons (Fsp3) is 0.217. The van der Waals surface area contributed by atoms with Crippen LogP contribution >= 0.6 is 0 Å². The minimum Gasteiger partial charge on any atom is -0.477 e. The number of anilines is 2. The molecule has 10 nitrogen and oxygen atoms in total. The van der Waals surface area contributed by atoms with E-state index in [0.29, 0.717) is 28.3 Å². The van der Waals surface area contributed by atoms with E-state index in [1.54, 1.807) is 30.1 Å². The Kier molecular flexibility index (Phi) is 5.99. The van der Waals surface area contributed by atoms with Crippen LogP contribution in [0.4, 0.5) is 11.6 Å². The van der Waals surface area contributed by atoms with Crippen LogP contribution in [0.5, 0.6) is 0 Å². The number of carboxylic acids is 1. The molecule has 10 heteroatoms. The average molecular weight is 445 g/mol. The SMILES string of the molecule is Cc1cc(C(=O)O)ncc1-c1cc2cc(NC(=O)C3CC3)ncc2c(N)n1.Cn1cccn1. The molecular weight excluding hydrogens is 422 g/mol. The molecule has 0 unspecified atom stereocenters. The highest BCUT2D eigenvalue weighted by atomic mass is 16.4. The molecule has 0 aromatic carbocycles. The van der Waals surface area contributed by atoms with Crippen molar-refractivity contribution in [2.75, 3.05) is 11.1 Å². The van der Waals surface area contributed by atoms with Crippen LogP contribution < -0.4 is 11.1 Å². The number of amides is 1. The summed E-state index contributed by atoms with van der Waals surface area (Å²) in [4.78, 5) is 35.6. The molecule has 4 aromatic heterocycles. The molecule has 168 valence electrons. The standard InChI is InChI=1S/C19H17N5O3.C4H6N2/c1-9-4-15(19(26)27)21-7-12(9)14-5-11-6-16(24-18(25)10-2-3-10)22-8-13(11)17(20)23-14;1-6-4-2-3-5-6/h4-8,10H,2-3H2,1H3,(H2,20,23)(H,26,27)(H,22,24,25);2-4H,1H3. The van der Waals surface area contributed by atoms with E-state index in [4.69, 9.17) is 10.8 Å². The predicted molar refractivity (Wildman–Crippen MR) is 123 cm³/mol. The largest absolute Gasteiger partial charge is 0.477 e. The lowest BCUT2D eigenvalue weighted by molar-refractivity contribution is -0.117. The molecule has 4 aromatic rings. The van der Waals surface area contributed by atoms with Gasteiger partial charge in [0, 0.05) is 48.7 Å². The van der Waals surface area contributed by atoms with Crippen molar-refractivity contribution in [1.29, 1.82) is 0 Å². The zero-order valence-electron chi connectivity index (χ0n) is 18.2. The van der Waals surface area contributed by atoms with Crippen LogP contribution in [0.25, 0.3) is 22.0 Å². The molecule has 1 saturated carbocycles. The normalized spacial score (nSPS) is 12.7. The van der Waals surface area contributed by atoms with Crippen molar-refractivity contribution in [2.24, 2.45) is 13.0 Å². The number of carboxylic acid groups (broad SMARTS) is 1. The minimum atomic E-state index is -1.09. The van der Waals surface area contributed by atoms with Crippen LogP contribution in [0.2, 0.25) is 0 Å². The van der Waals surface area contributed by atoms with Crippen molar-refractivity contribution in [1.82, 2.24) is 24.7 Å². The Balaban J connectivity index is 0.000000376. The van der Waals surface area contributed by atoms with Crippen molar-refractivity contribution in [3.05, 3.63) is 60.3 Å². The number of fused-ring (bicyclic) bond motifs is 1. The first-order chi connectivity index (χ1) is 15.8. The van der Waals surface area contributed by atoms with Gasteiger partial charge in [-0.3, -0.25) is 9.48 Å². The smallest absolute Gasteiger partial charge is 0.354 e. The lowest BCUT2D eigenvalue weighted by atomic mass is 10.0. The lowest BCUT2D eigenvalue weighted by Gasteiger charge is -2.10. The Morgan fingerprint density at radius 3 is 2.55 bits per heavy atom. The highest BCUT2D eigenvalue weighted by Gasteiger charge is 2.29. The number of nitrogens with zero attached hydrogens (tertiary/aromatic N) is 5. The summed E-state index contributed by atoms with van der Waals surface area (Å²) in [6.45, 7) is 1.79. The Bertz CT molecular complexity index is 1330. The Hall–Kier alpha value is -4.34. The van der Waals surface area contributed by atoms with Gasteiger partial charge in [-0.15, -0.1) is 0 Å². The maximum absolute atomic E-state index is 12.0. The van der Waals surface area contributed by atoms with Gasteiger partial charge in [0.1, 0.15) is 17.3 Å². The molecule has 0 bridgehead atoms. The number of nitrogen functional groups attached to an aromatic ring is 1. The van der Waals surface area contributed by atoms with Crippen LogP contribution in [0.3, 0.4) is 0 Å². The maximum atomic E-state index is 12.0. The second-order valence-corrected chi connectivity index (χ2v) is 7.82. The van der Waals surface area contributed by atoms with Crippen LogP contribution in [-0.2, 0) is 11.8 Å². The molecule has 4 N–H and O–H groups in total. The zero-order valence-corrected chi connectivity index (χ0v) is 18.2. The Labute approximate surface area is 189 Å². The zero-order chi connectivity index (χ0) is 23.5. The van der Waals surface area contributed by atoms with Gasteiger partial charge in [-0.1, -0.05) is 0 Å². The molecule has 0 aliphatic heterocycles. The molecule has 0 atom stereocenters. The number of aromatic nitrogens is 5. The molecule has 4 heterocycles. The summed E-state index contributed by atoms with van der Waals surface area (Å²) in [6, 6.07) is 6.96. The van der Waals surface area contributed by atoms with Gasteiger partial charge in [0.15, 0.2) is 0 Å². The lowest BCUT2D eigenvalue weighted by Crippen LogP contribution is -2.14. The van der Waals surface area contributed by atoms with Crippen molar-refractivity contribution in [2.45, 2.75) is 19.8 Å². The van der Waals surface area contributed by atoms with E-state index in [1.807, 2.05) is 25.4 Å². The molecule has 0 spiro atoms. The molecular formula is C23H23N7O3. The van der Waals surface area contributed by atoms with Gasteiger partial charge in [-0.25, -0.2) is 19.7 Å². The summed E-state index contributed by atoms with van der Waals surface area (Å²) in [5.41, 5.74) is 8.04. The molecule has 0 saturated heterocycles. The fourth-order valence-electron chi connectivity index (χ4n) is 3.24. The summed E-state index contributed by atoms with van der Waals surface area (Å²) in [5.74, 6) is -0.253. The van der Waals surface area contributed by atoms with Gasteiger partial charge < -0.3 is 16.2 Å². The van der Waals surface area contributed by atoms with Crippen molar-refractivity contribution in [3.63, 3.8) is 0 Å². The second-order valence-electron chi connectivity index (χ2n) is 7.82. The second kappa shape index (κ2) is 9.03. The van der Waals surface area contributed by atoms with E-state index in [-0.39, 0.29) is 17.5 Å². The van der Waals surface area contributed by atoms with Gasteiger partial charge in [0.05, 0.1) is 5.69 Å². The number of hydrogen-bond donors (Lipinski definition) is 3. The van der Waals surface area contributed by atoms with Crippen LogP contribution in [-0.4, -0.2) is 41.7 Å². The predicted octanol–water partition coefficient (Wildman–Crippen LogP) is 3.05. The molecule has 1 aliphatic carbocycles. The summed E-state index contributed by atoms with van der Waals surface area (Å²) < 4.78 is 1.75. The van der Waals surface area contributed by atoms with Crippen molar-refractivity contribution >= 4 is 34.3 Å². The summed E-state index contributed by atoms with van der Waals surface area (Å²) in [7, 11) is 1.89. The van der Waals surface area contributed by atoms with Gasteiger partial charge in [0.25, 0.3) is 0 Å². The monoisotopic (exact) mass is 445 g/mol. The van der Waals surface area contributed by atoms with Gasteiger partial charge in [-0.05, 0) is 55.0 Å². The first kappa shape index (κ1) is 21.9. The highest BCUT2D eigenvalue weighted by Crippen LogP contribution is 2.31. The summed E-state index contributed by atoms with van der Waals surface area (Å²) >= 11 is 0. The number of rotatable bonds is 4. The molecule has 1 amide bonds. The number of hydrogen-bond acceptors (Lipinski definition) is 7. The van der Waals surface area contributed by atoms with Crippen molar-refractivity contribution < 1.29 is 14.7 Å². The number of carbonyl (C=O) groups is 2. The number of carbonyl (C=O) groups excluding carboxylic acids is 1. The van der Waals surface area contributed by atoms with E-state index in [0.717, 1.165) is 23.8 Å². The number of nitrogens with two attached hydrogens (primary N) is 1. The number of nitrogens with one attached hydrogen (secondary N) is 1. The van der Waals surface area contributed by atoms with Crippen molar-refractivity contribution in [3.8, 4) is 11.3 Å². The van der Waals surface area contributed by atoms with E-state index in [2.05, 4.69) is 25.4 Å². The van der Waals surface area contributed by atoms with Crippen LogP contribution in [0, 0.1) is 12.8 Å². The third-order valence-corrected chi connectivity index (χ3v) is 5.19. The maximum Gasteiger partial charge on any atom is 0.354 e. The van der Waals surface area contributed by atoms with E-state index in [9.17, 15) is 9.59 Å². The molecule has 33 heavy (non-hydrogen) atoms. The third kappa shape index (κ3) is 5.12. The first-order valence-corrected chi connectivity index (χ1v) is 10.3. The number of pyridine rings is 3. The third-order valence-electron chi connectivity index (χ3n) is 5.19. The molecule has 5 rings (SSSR count). The van der Waals surface area contributed by atoms with Crippen LogP contribution in [0.1, 0.15) is 28.9 Å². The topological polar surface area (TPSA) is 149 Å². The highest BCUT2D eigenvalue weighted by molar-refractivity contribution is 5.98. The van der Waals surface area contributed by atoms with E-state index >= 15 is 0 Å². The fourth-order valence-corrected chi connectivity index (χ4v) is 3.24. The van der Waals surface area contributed by atoms with E-state index in [1.165, 1.54) is 12.3 Å². The molecule has 0 radical (unpaired) electrons. The minimum absolute atomic E-state index is 0.0200. The Morgan fingerprint density at radius 1 is 1.18 bits per heavy atom. The number of aromatic carboxylic acids is 1. The average Bonchev–Trinajstić information content (AvgIpc) is 3.53. The Morgan fingerprint density at radius 2 is 1.97 bits per heavy atom. The van der Waals surface area contributed by atoms with Gasteiger partial charge >= 0.3 is 5.97 Å². The molecule has 1 fully saturated rings. The van der Waals surface area contributed by atoms with Gasteiger partial charge in [-0.2, -0.15) is 5.10 Å². The first-order valence-electron chi connectivity index (χ1n) is 10.3. The number of aryl methyl sites for hydroxylation is 2. The summed E-state index contributed by atoms with van der Waals surface area (Å²) in [6.07, 6.45) is 8.53. The van der Waals surface area contributed by atoms with E-state index < -0.39 is 5.97 Å². The molecule has 1 aliphatic rings. The summed E-state index contributed by atoms with van der Waals surface area (Å²) in [5, 5.41) is 17.2. The van der Waals surface area contributed by atoms with Crippen LogP contribution in [0.15, 0.2) is 49.1 Å².